The average Bonchev–Trinajstić information content (AvgIpc) is 3.72. The molecule has 1 aliphatic rings. The molecule has 13 nitrogen and oxygen atoms in total. The number of nitrogens with one attached hydrogen (secondary N) is 3. The van der Waals surface area contributed by atoms with Gasteiger partial charge in [-0.25, -0.2) is 19.9 Å². The highest BCUT2D eigenvalue weighted by molar-refractivity contribution is 6.06. The number of aryl methyl sites for hydroxylation is 3. The number of H-pyrrole nitrogens is 1. The molecule has 4 aromatic heterocycles. The third-order valence-electron chi connectivity index (χ3n) is 7.95. The lowest BCUT2D eigenvalue weighted by atomic mass is 10.1. The van der Waals surface area contributed by atoms with Crippen LogP contribution in [0.2, 0.25) is 0 Å². The molecule has 1 saturated heterocycles. The molecule has 0 saturated carbocycles. The highest BCUT2D eigenvalue weighted by Gasteiger charge is 2.26. The van der Waals surface area contributed by atoms with E-state index in [1.54, 1.807) is 10.9 Å². The number of ether oxygens (including phenoxy) is 1. The molecule has 1 unspecified atom stereocenters. The van der Waals surface area contributed by atoms with Gasteiger partial charge >= 0.3 is 0 Å². The number of anilines is 4. The molecule has 0 bridgehead atoms. The first kappa shape index (κ1) is 29.1. The first-order chi connectivity index (χ1) is 21.3. The Morgan fingerprint density at radius 2 is 2.07 bits per heavy atom. The number of likely N-dealkylation sites (tertiary alicyclic amines) is 1. The van der Waals surface area contributed by atoms with Gasteiger partial charge in [0.05, 0.1) is 23.4 Å². The minimum atomic E-state index is -0.0847. The quantitative estimate of drug-likeness (QED) is 0.216. The summed E-state index contributed by atoms with van der Waals surface area (Å²) in [7, 11) is 3.87. The zero-order valence-electron chi connectivity index (χ0n) is 25.6. The van der Waals surface area contributed by atoms with Crippen molar-refractivity contribution >= 4 is 40.1 Å². The average molecular weight is 596 g/mol. The third-order valence-corrected chi connectivity index (χ3v) is 7.95. The van der Waals surface area contributed by atoms with Crippen molar-refractivity contribution in [3.05, 3.63) is 60.3 Å². The van der Waals surface area contributed by atoms with Crippen LogP contribution in [0.3, 0.4) is 0 Å². The van der Waals surface area contributed by atoms with Gasteiger partial charge in [0.2, 0.25) is 17.7 Å². The Balaban J connectivity index is 1.11. The van der Waals surface area contributed by atoms with Gasteiger partial charge in [-0.15, -0.1) is 0 Å². The second-order valence-corrected chi connectivity index (χ2v) is 11.1. The molecule has 0 spiro atoms. The lowest BCUT2D eigenvalue weighted by molar-refractivity contribution is -0.117. The van der Waals surface area contributed by atoms with Crippen molar-refractivity contribution in [2.45, 2.75) is 33.3 Å². The van der Waals surface area contributed by atoms with Crippen molar-refractivity contribution in [1.82, 2.24) is 39.6 Å². The molecule has 6 rings (SSSR count). The summed E-state index contributed by atoms with van der Waals surface area (Å²) < 4.78 is 7.92. The monoisotopic (exact) mass is 595 g/mol. The molecular formula is C31H37N11O2. The number of fused-ring (bicyclic) bond motifs is 1. The molecule has 1 amide bonds. The minimum Gasteiger partial charge on any atom is -0.473 e. The van der Waals surface area contributed by atoms with Gasteiger partial charge in [0.15, 0.2) is 5.82 Å². The molecule has 1 fully saturated rings. The normalized spacial score (nSPS) is 15.1. The molecule has 1 atom stereocenters. The topological polar surface area (TPSA) is 142 Å². The minimum absolute atomic E-state index is 0.0379. The van der Waals surface area contributed by atoms with Crippen LogP contribution in [0.15, 0.2) is 49.1 Å². The van der Waals surface area contributed by atoms with Crippen LogP contribution in [0.25, 0.3) is 22.2 Å². The number of hydrogen-bond donors (Lipinski definition) is 3. The van der Waals surface area contributed by atoms with E-state index in [2.05, 4.69) is 47.5 Å². The highest BCUT2D eigenvalue weighted by Crippen LogP contribution is 2.33. The van der Waals surface area contributed by atoms with E-state index in [0.29, 0.717) is 29.9 Å². The smallest absolute Gasteiger partial charge is 0.238 e. The number of benzene rings is 1. The molecular weight excluding hydrogens is 558 g/mol. The van der Waals surface area contributed by atoms with Crippen LogP contribution < -0.4 is 20.3 Å². The molecule has 44 heavy (non-hydrogen) atoms. The van der Waals surface area contributed by atoms with E-state index in [1.807, 2.05) is 69.4 Å². The molecule has 228 valence electrons. The summed E-state index contributed by atoms with van der Waals surface area (Å²) >= 11 is 0. The molecule has 1 aromatic carbocycles. The van der Waals surface area contributed by atoms with E-state index >= 15 is 0 Å². The lowest BCUT2D eigenvalue weighted by Gasteiger charge is -2.18. The van der Waals surface area contributed by atoms with Gasteiger partial charge in [-0.1, -0.05) is 12.1 Å². The van der Waals surface area contributed by atoms with Crippen molar-refractivity contribution in [1.29, 1.82) is 0 Å². The fourth-order valence-corrected chi connectivity index (χ4v) is 5.33. The molecule has 5 heterocycles. The summed E-state index contributed by atoms with van der Waals surface area (Å²) in [6.45, 7) is 8.56. The molecule has 0 aliphatic carbocycles. The first-order valence-corrected chi connectivity index (χ1v) is 14.7. The van der Waals surface area contributed by atoms with E-state index < -0.39 is 0 Å². The number of aromatic amines is 1. The Labute approximate surface area is 255 Å². The Morgan fingerprint density at radius 1 is 1.20 bits per heavy atom. The Bertz CT molecular complexity index is 1780. The molecule has 3 N–H and O–H groups in total. The highest BCUT2D eigenvalue weighted by atomic mass is 16.5. The number of rotatable bonds is 10. The van der Waals surface area contributed by atoms with E-state index in [-0.39, 0.29) is 18.6 Å². The standard InChI is InChI=1S/C31H37N11O2/c1-6-40(4)26-13-28(35-18-34-26)44-21-10-11-42(16-21)17-27(43)36-24-9-7-8-22-23(15-32-30(22)24)29-19(2)14-33-31(38-29)37-25-12-20(3)41(5)39-25/h7-9,12-15,18,21,32H,6,10-11,16-17H2,1-5H3,(H,36,43)(H,33,37,38,39). The van der Waals surface area contributed by atoms with E-state index in [0.717, 1.165) is 58.7 Å². The van der Waals surface area contributed by atoms with Crippen LogP contribution in [0, 0.1) is 13.8 Å². The van der Waals surface area contributed by atoms with Crippen LogP contribution in [0.1, 0.15) is 24.6 Å². The predicted octanol–water partition coefficient (Wildman–Crippen LogP) is 4.06. The van der Waals surface area contributed by atoms with Crippen LogP contribution in [-0.2, 0) is 11.8 Å². The van der Waals surface area contributed by atoms with Crippen molar-refractivity contribution in [3.8, 4) is 17.1 Å². The fraction of sp³-hybridized carbons (Fsp3) is 0.355. The number of aromatic nitrogens is 7. The van der Waals surface area contributed by atoms with Crippen molar-refractivity contribution in [2.75, 3.05) is 48.8 Å². The van der Waals surface area contributed by atoms with Crippen molar-refractivity contribution < 1.29 is 9.53 Å². The maximum atomic E-state index is 13.1. The SMILES string of the molecule is CCN(C)c1cc(OC2CCN(CC(=O)Nc3cccc4c(-c5nc(Nc6cc(C)n(C)n6)ncc5C)c[nH]c34)C2)ncn1. The van der Waals surface area contributed by atoms with Crippen molar-refractivity contribution in [2.24, 2.45) is 7.05 Å². The first-order valence-electron chi connectivity index (χ1n) is 14.7. The largest absolute Gasteiger partial charge is 0.473 e. The summed E-state index contributed by atoms with van der Waals surface area (Å²) in [5.41, 5.74) is 5.24. The van der Waals surface area contributed by atoms with Crippen LogP contribution in [0.4, 0.5) is 23.3 Å². The number of nitrogens with zero attached hydrogens (tertiary/aromatic N) is 8. The molecule has 0 radical (unpaired) electrons. The van der Waals surface area contributed by atoms with Gasteiger partial charge < -0.3 is 25.3 Å². The van der Waals surface area contributed by atoms with Gasteiger partial charge in [0.25, 0.3) is 0 Å². The van der Waals surface area contributed by atoms with Gasteiger partial charge in [-0.3, -0.25) is 14.4 Å². The Hall–Kier alpha value is -5.04. The number of para-hydroxylation sites is 1. The second-order valence-electron chi connectivity index (χ2n) is 11.1. The number of hydrogen-bond acceptors (Lipinski definition) is 10. The zero-order valence-corrected chi connectivity index (χ0v) is 25.6. The van der Waals surface area contributed by atoms with Crippen LogP contribution in [0.5, 0.6) is 5.88 Å². The lowest BCUT2D eigenvalue weighted by Crippen LogP contribution is -2.33. The maximum Gasteiger partial charge on any atom is 0.238 e. The van der Waals surface area contributed by atoms with Crippen molar-refractivity contribution in [3.63, 3.8) is 0 Å². The van der Waals surface area contributed by atoms with E-state index in [4.69, 9.17) is 9.72 Å². The van der Waals surface area contributed by atoms with Gasteiger partial charge in [-0.05, 0) is 38.8 Å². The number of carbonyl (C=O) groups is 1. The molecule has 1 aliphatic heterocycles. The predicted molar refractivity (Wildman–Crippen MR) is 170 cm³/mol. The molecule has 13 heteroatoms. The number of amides is 1. The second kappa shape index (κ2) is 12.3. The van der Waals surface area contributed by atoms with Gasteiger partial charge in [0.1, 0.15) is 18.2 Å². The number of carbonyl (C=O) groups excluding carboxylic acids is 1. The maximum absolute atomic E-state index is 13.1. The van der Waals surface area contributed by atoms with Gasteiger partial charge in [0, 0.05) is 74.9 Å². The zero-order chi connectivity index (χ0) is 30.8. The summed E-state index contributed by atoms with van der Waals surface area (Å²) in [6, 6.07) is 9.66. The van der Waals surface area contributed by atoms with Crippen LogP contribution >= 0.6 is 0 Å². The van der Waals surface area contributed by atoms with E-state index in [9.17, 15) is 4.79 Å². The summed E-state index contributed by atoms with van der Waals surface area (Å²) in [6.07, 6.45) is 6.02. The Kier molecular flexibility index (Phi) is 8.11. The third kappa shape index (κ3) is 6.18. The Morgan fingerprint density at radius 3 is 2.86 bits per heavy atom. The fourth-order valence-electron chi connectivity index (χ4n) is 5.33. The summed E-state index contributed by atoms with van der Waals surface area (Å²) in [5, 5.41) is 11.7. The van der Waals surface area contributed by atoms with Gasteiger partial charge in [-0.2, -0.15) is 5.10 Å². The summed E-state index contributed by atoms with van der Waals surface area (Å²) in [5.74, 6) is 2.43. The van der Waals surface area contributed by atoms with E-state index in [1.165, 1.54) is 6.33 Å². The summed E-state index contributed by atoms with van der Waals surface area (Å²) in [4.78, 5) is 38.4. The van der Waals surface area contributed by atoms with Crippen LogP contribution in [-0.4, -0.2) is 84.8 Å². The molecule has 5 aromatic rings.